The van der Waals surface area contributed by atoms with E-state index in [4.69, 9.17) is 4.74 Å². The van der Waals surface area contributed by atoms with Crippen molar-refractivity contribution in [3.63, 3.8) is 0 Å². The number of rotatable bonds is 6. The van der Waals surface area contributed by atoms with Gasteiger partial charge in [0.1, 0.15) is 5.82 Å². The van der Waals surface area contributed by atoms with Crippen LogP contribution in [0, 0.1) is 11.7 Å². The second kappa shape index (κ2) is 11.6. The lowest BCUT2D eigenvalue weighted by Gasteiger charge is -2.29. The predicted octanol–water partition coefficient (Wildman–Crippen LogP) is 2.08. The summed E-state index contributed by atoms with van der Waals surface area (Å²) in [6.45, 7) is 8.17. The van der Waals surface area contributed by atoms with Crippen molar-refractivity contribution in [2.45, 2.75) is 13.5 Å². The van der Waals surface area contributed by atoms with Gasteiger partial charge in [0, 0.05) is 45.3 Å². The molecule has 136 valence electrons. The smallest absolute Gasteiger partial charge is 0.191 e. The molecule has 1 atom stereocenters. The Morgan fingerprint density at radius 3 is 2.67 bits per heavy atom. The average Bonchev–Trinajstić information content (AvgIpc) is 2.57. The Morgan fingerprint density at radius 2 is 2.00 bits per heavy atom. The van der Waals surface area contributed by atoms with Crippen LogP contribution in [-0.2, 0) is 11.3 Å². The van der Waals surface area contributed by atoms with Crippen LogP contribution < -0.4 is 10.6 Å². The highest BCUT2D eigenvalue weighted by atomic mass is 127. The van der Waals surface area contributed by atoms with Crippen molar-refractivity contribution in [2.75, 3.05) is 46.4 Å². The second-order valence-electron chi connectivity index (χ2n) is 5.92. The van der Waals surface area contributed by atoms with Crippen molar-refractivity contribution in [1.82, 2.24) is 15.5 Å². The molecule has 1 aromatic carbocycles. The predicted molar refractivity (Wildman–Crippen MR) is 106 cm³/mol. The van der Waals surface area contributed by atoms with Crippen molar-refractivity contribution < 1.29 is 9.13 Å². The summed E-state index contributed by atoms with van der Waals surface area (Å²) in [6, 6.07) is 6.77. The molecular formula is C17H28FIN4O. The number of hydrogen-bond donors (Lipinski definition) is 2. The first kappa shape index (κ1) is 21.1. The van der Waals surface area contributed by atoms with Gasteiger partial charge >= 0.3 is 0 Å². The summed E-state index contributed by atoms with van der Waals surface area (Å²) in [5, 5.41) is 6.46. The fourth-order valence-electron chi connectivity index (χ4n) is 2.60. The van der Waals surface area contributed by atoms with Gasteiger partial charge in [0.05, 0.1) is 13.2 Å². The molecule has 2 N–H and O–H groups in total. The molecule has 7 heteroatoms. The van der Waals surface area contributed by atoms with E-state index in [0.717, 1.165) is 39.4 Å². The van der Waals surface area contributed by atoms with Crippen LogP contribution in [0.5, 0.6) is 0 Å². The number of halogens is 2. The maximum absolute atomic E-state index is 13.6. The molecule has 1 fully saturated rings. The Bertz CT molecular complexity index is 509. The molecule has 0 spiro atoms. The van der Waals surface area contributed by atoms with Crippen LogP contribution in [-0.4, -0.2) is 57.3 Å². The van der Waals surface area contributed by atoms with Gasteiger partial charge in [0.2, 0.25) is 0 Å². The fraction of sp³-hybridized carbons (Fsp3) is 0.588. The van der Waals surface area contributed by atoms with Crippen LogP contribution in [0.15, 0.2) is 29.3 Å². The molecule has 1 aliphatic rings. The number of morpholine rings is 1. The molecule has 0 aliphatic carbocycles. The van der Waals surface area contributed by atoms with Gasteiger partial charge in [-0.25, -0.2) is 4.39 Å². The molecule has 0 bridgehead atoms. The lowest BCUT2D eigenvalue weighted by molar-refractivity contribution is 0.0320. The highest BCUT2D eigenvalue weighted by molar-refractivity contribution is 14.0. The normalized spacial score (nSPS) is 17.0. The first-order chi connectivity index (χ1) is 11.2. The zero-order chi connectivity index (χ0) is 16.5. The molecule has 2 rings (SSSR count). The summed E-state index contributed by atoms with van der Waals surface area (Å²) in [5.41, 5.74) is 0.636. The number of nitrogens with one attached hydrogen (secondary N) is 2. The van der Waals surface area contributed by atoms with Crippen LogP contribution in [0.25, 0.3) is 0 Å². The largest absolute Gasteiger partial charge is 0.379 e. The van der Waals surface area contributed by atoms with E-state index in [1.54, 1.807) is 19.2 Å². The van der Waals surface area contributed by atoms with Crippen LogP contribution >= 0.6 is 24.0 Å². The molecule has 0 aromatic heterocycles. The zero-order valence-electron chi connectivity index (χ0n) is 14.4. The van der Waals surface area contributed by atoms with Gasteiger partial charge in [-0.05, 0) is 12.0 Å². The zero-order valence-corrected chi connectivity index (χ0v) is 16.8. The van der Waals surface area contributed by atoms with Gasteiger partial charge in [0.25, 0.3) is 0 Å². The van der Waals surface area contributed by atoms with E-state index in [0.29, 0.717) is 24.0 Å². The number of aliphatic imine (C=N–C) groups is 1. The van der Waals surface area contributed by atoms with Crippen molar-refractivity contribution >= 4 is 29.9 Å². The van der Waals surface area contributed by atoms with Crippen molar-refractivity contribution in [2.24, 2.45) is 10.9 Å². The van der Waals surface area contributed by atoms with Crippen molar-refractivity contribution in [3.8, 4) is 0 Å². The minimum Gasteiger partial charge on any atom is -0.379 e. The summed E-state index contributed by atoms with van der Waals surface area (Å²) >= 11 is 0. The SMILES string of the molecule is CN=C(NCc1ccccc1F)NCC(C)CN1CCOCC1.I. The van der Waals surface area contributed by atoms with E-state index >= 15 is 0 Å². The molecule has 1 aromatic rings. The number of benzene rings is 1. The third kappa shape index (κ3) is 7.31. The fourth-order valence-corrected chi connectivity index (χ4v) is 2.60. The summed E-state index contributed by atoms with van der Waals surface area (Å²) in [7, 11) is 1.73. The van der Waals surface area contributed by atoms with Crippen LogP contribution in [0.4, 0.5) is 4.39 Å². The third-order valence-corrected chi connectivity index (χ3v) is 3.92. The molecule has 0 amide bonds. The van der Waals surface area contributed by atoms with E-state index in [9.17, 15) is 4.39 Å². The number of nitrogens with zero attached hydrogens (tertiary/aromatic N) is 2. The van der Waals surface area contributed by atoms with Crippen LogP contribution in [0.3, 0.4) is 0 Å². The molecule has 1 heterocycles. The standard InChI is InChI=1S/C17H27FN4O.HI/c1-14(13-22-7-9-23-10-8-22)11-20-17(19-2)21-12-15-5-3-4-6-16(15)18;/h3-6,14H,7-13H2,1-2H3,(H2,19,20,21);1H. The maximum Gasteiger partial charge on any atom is 0.191 e. The van der Waals surface area contributed by atoms with E-state index in [-0.39, 0.29) is 29.8 Å². The topological polar surface area (TPSA) is 48.9 Å². The number of ether oxygens (including phenoxy) is 1. The molecule has 5 nitrogen and oxygen atoms in total. The van der Waals surface area contributed by atoms with Gasteiger partial charge in [-0.15, -0.1) is 24.0 Å². The van der Waals surface area contributed by atoms with Gasteiger partial charge in [-0.1, -0.05) is 25.1 Å². The first-order valence-corrected chi connectivity index (χ1v) is 8.17. The highest BCUT2D eigenvalue weighted by Crippen LogP contribution is 2.05. The third-order valence-electron chi connectivity index (χ3n) is 3.92. The van der Waals surface area contributed by atoms with Gasteiger partial charge in [-0.3, -0.25) is 9.89 Å². The van der Waals surface area contributed by atoms with Gasteiger partial charge < -0.3 is 15.4 Å². The minimum absolute atomic E-state index is 0. The Morgan fingerprint density at radius 1 is 1.29 bits per heavy atom. The quantitative estimate of drug-likeness (QED) is 0.396. The van der Waals surface area contributed by atoms with Crippen LogP contribution in [0.2, 0.25) is 0 Å². The van der Waals surface area contributed by atoms with Gasteiger partial charge in [0.15, 0.2) is 5.96 Å². The Labute approximate surface area is 161 Å². The molecule has 0 radical (unpaired) electrons. The first-order valence-electron chi connectivity index (χ1n) is 8.17. The van der Waals surface area contributed by atoms with Crippen molar-refractivity contribution in [1.29, 1.82) is 0 Å². The molecular weight excluding hydrogens is 422 g/mol. The van der Waals surface area contributed by atoms with E-state index in [1.165, 1.54) is 6.07 Å². The van der Waals surface area contributed by atoms with Gasteiger partial charge in [-0.2, -0.15) is 0 Å². The Balaban J connectivity index is 0.00000288. The van der Waals surface area contributed by atoms with E-state index in [2.05, 4.69) is 27.4 Å². The monoisotopic (exact) mass is 450 g/mol. The van der Waals surface area contributed by atoms with Crippen LogP contribution in [0.1, 0.15) is 12.5 Å². The lowest BCUT2D eigenvalue weighted by Crippen LogP contribution is -2.43. The minimum atomic E-state index is -0.198. The maximum atomic E-state index is 13.6. The molecule has 1 aliphatic heterocycles. The summed E-state index contributed by atoms with van der Waals surface area (Å²) in [6.07, 6.45) is 0. The number of hydrogen-bond acceptors (Lipinski definition) is 3. The van der Waals surface area contributed by atoms with Crippen molar-refractivity contribution in [3.05, 3.63) is 35.6 Å². The highest BCUT2D eigenvalue weighted by Gasteiger charge is 2.14. The summed E-state index contributed by atoms with van der Waals surface area (Å²) in [5.74, 6) is 0.998. The summed E-state index contributed by atoms with van der Waals surface area (Å²) in [4.78, 5) is 6.61. The lowest BCUT2D eigenvalue weighted by atomic mass is 10.1. The molecule has 1 saturated heterocycles. The molecule has 24 heavy (non-hydrogen) atoms. The Kier molecular flexibility index (Phi) is 10.2. The Hall–Kier alpha value is -0.930. The number of guanidine groups is 1. The average molecular weight is 450 g/mol. The molecule has 0 saturated carbocycles. The van der Waals surface area contributed by atoms with E-state index in [1.807, 2.05) is 6.07 Å². The van der Waals surface area contributed by atoms with E-state index < -0.39 is 0 Å². The second-order valence-corrected chi connectivity index (χ2v) is 5.92. The molecule has 1 unspecified atom stereocenters. The summed E-state index contributed by atoms with van der Waals surface area (Å²) < 4.78 is 19.0.